The number of ether oxygens (including phenoxy) is 2. The van der Waals surface area contributed by atoms with Gasteiger partial charge in [0.1, 0.15) is 5.75 Å². The topological polar surface area (TPSA) is 35.5 Å². The molecule has 94 valence electrons. The van der Waals surface area contributed by atoms with E-state index in [0.29, 0.717) is 11.7 Å². The van der Waals surface area contributed by atoms with E-state index in [1.165, 1.54) is 18.2 Å². The van der Waals surface area contributed by atoms with E-state index in [0.717, 1.165) is 0 Å². The highest BCUT2D eigenvalue weighted by Gasteiger charge is 2.15. The van der Waals surface area contributed by atoms with Crippen molar-refractivity contribution in [1.29, 1.82) is 0 Å². The number of carbonyl (C=O) groups is 1. The normalized spacial score (nSPS) is 12.4. The van der Waals surface area contributed by atoms with Gasteiger partial charge in [-0.2, -0.15) is 0 Å². The van der Waals surface area contributed by atoms with Crippen molar-refractivity contribution in [3.63, 3.8) is 0 Å². The fraction of sp³-hybridized carbons (Fsp3) is 0.500. The van der Waals surface area contributed by atoms with Gasteiger partial charge < -0.3 is 9.47 Å². The van der Waals surface area contributed by atoms with Gasteiger partial charge in [0.2, 0.25) is 0 Å². The van der Waals surface area contributed by atoms with Gasteiger partial charge in [-0.1, -0.05) is 19.9 Å². The Morgan fingerprint density at radius 3 is 2.35 bits per heavy atom. The number of rotatable bonds is 4. The molecule has 3 nitrogen and oxygen atoms in total. The molecule has 0 heterocycles. The molecule has 1 aromatic rings. The Morgan fingerprint density at radius 2 is 1.88 bits per heavy atom. The number of carbonyl (C=O) groups excluding carboxylic acids is 1. The highest BCUT2D eigenvalue weighted by atomic mass is 16.6. The summed E-state index contributed by atoms with van der Waals surface area (Å²) in [6.07, 6.45) is -0.579. The predicted molar refractivity (Wildman–Crippen MR) is 67.4 cm³/mol. The Bertz CT molecular complexity index is 396. The lowest BCUT2D eigenvalue weighted by Gasteiger charge is -2.15. The van der Waals surface area contributed by atoms with Crippen LogP contribution in [-0.4, -0.2) is 19.2 Å². The van der Waals surface area contributed by atoms with Crippen molar-refractivity contribution in [3.05, 3.63) is 29.3 Å². The Balaban J connectivity index is 2.81. The van der Waals surface area contributed by atoms with E-state index >= 15 is 0 Å². The minimum Gasteiger partial charge on any atom is -0.479 e. The molecule has 0 aliphatic heterocycles. The lowest BCUT2D eigenvalue weighted by Crippen LogP contribution is -2.24. The molecular formula is C14H20O3. The van der Waals surface area contributed by atoms with Crippen molar-refractivity contribution in [2.75, 3.05) is 7.11 Å². The predicted octanol–water partition coefficient (Wildman–Crippen LogP) is 3.06. The summed E-state index contributed by atoms with van der Waals surface area (Å²) in [5.74, 6) is 0.822. The average molecular weight is 236 g/mol. The molecule has 0 unspecified atom stereocenters. The molecule has 0 radical (unpaired) electrons. The molecule has 3 heteroatoms. The standard InChI is InChI=1S/C14H20O3/c1-9(2)13-7-6-12(8-10(13)3)17-11(4)14(15)16-5/h6-9,11H,1-5H3/t11-/m1/s1. The summed E-state index contributed by atoms with van der Waals surface area (Å²) in [4.78, 5) is 11.2. The molecule has 0 N–H and O–H groups in total. The van der Waals surface area contributed by atoms with E-state index in [2.05, 4.69) is 18.6 Å². The van der Waals surface area contributed by atoms with E-state index in [9.17, 15) is 4.79 Å². The summed E-state index contributed by atoms with van der Waals surface area (Å²) in [5.41, 5.74) is 2.47. The molecule has 0 aliphatic carbocycles. The van der Waals surface area contributed by atoms with Crippen LogP contribution in [0.3, 0.4) is 0 Å². The molecular weight excluding hydrogens is 216 g/mol. The van der Waals surface area contributed by atoms with Gasteiger partial charge in [0.05, 0.1) is 7.11 Å². The summed E-state index contributed by atoms with van der Waals surface area (Å²) >= 11 is 0. The van der Waals surface area contributed by atoms with E-state index < -0.39 is 6.10 Å². The molecule has 0 saturated heterocycles. The molecule has 0 spiro atoms. The van der Waals surface area contributed by atoms with Gasteiger partial charge in [0.15, 0.2) is 6.10 Å². The van der Waals surface area contributed by atoms with Crippen molar-refractivity contribution in [3.8, 4) is 5.75 Å². The summed E-state index contributed by atoms with van der Waals surface area (Å²) < 4.78 is 10.1. The molecule has 0 saturated carbocycles. The molecule has 0 bridgehead atoms. The smallest absolute Gasteiger partial charge is 0.346 e. The molecule has 17 heavy (non-hydrogen) atoms. The van der Waals surface area contributed by atoms with Crippen LogP contribution in [0.25, 0.3) is 0 Å². The van der Waals surface area contributed by atoms with E-state index in [4.69, 9.17) is 4.74 Å². The molecule has 0 fully saturated rings. The second-order valence-corrected chi connectivity index (χ2v) is 4.46. The SMILES string of the molecule is COC(=O)[C@@H](C)Oc1ccc(C(C)C)c(C)c1. The Kier molecular flexibility index (Phi) is 4.55. The second-order valence-electron chi connectivity index (χ2n) is 4.46. The van der Waals surface area contributed by atoms with Crippen molar-refractivity contribution >= 4 is 5.97 Å². The first-order valence-electron chi connectivity index (χ1n) is 5.80. The highest BCUT2D eigenvalue weighted by Crippen LogP contribution is 2.24. The van der Waals surface area contributed by atoms with Gasteiger partial charge in [0, 0.05) is 0 Å². The number of benzene rings is 1. The maximum Gasteiger partial charge on any atom is 0.346 e. The van der Waals surface area contributed by atoms with E-state index in [1.807, 2.05) is 25.1 Å². The van der Waals surface area contributed by atoms with Crippen LogP contribution in [0.5, 0.6) is 5.75 Å². The third kappa shape index (κ3) is 3.48. The van der Waals surface area contributed by atoms with Crippen molar-refractivity contribution in [2.24, 2.45) is 0 Å². The van der Waals surface area contributed by atoms with Crippen LogP contribution in [0.1, 0.15) is 37.8 Å². The number of esters is 1. The number of hydrogen-bond donors (Lipinski definition) is 0. The maximum absolute atomic E-state index is 11.2. The van der Waals surface area contributed by atoms with Crippen LogP contribution >= 0.6 is 0 Å². The molecule has 0 aromatic heterocycles. The molecule has 1 atom stereocenters. The molecule has 1 rings (SSSR count). The van der Waals surface area contributed by atoms with Gasteiger partial charge >= 0.3 is 5.97 Å². The van der Waals surface area contributed by atoms with Crippen LogP contribution in [0.4, 0.5) is 0 Å². The van der Waals surface area contributed by atoms with Gasteiger partial charge in [0.25, 0.3) is 0 Å². The van der Waals surface area contributed by atoms with Crippen LogP contribution in [0, 0.1) is 6.92 Å². The quantitative estimate of drug-likeness (QED) is 0.754. The van der Waals surface area contributed by atoms with Crippen molar-refractivity contribution in [1.82, 2.24) is 0 Å². The summed E-state index contributed by atoms with van der Waals surface area (Å²) in [6.45, 7) is 8.03. The van der Waals surface area contributed by atoms with Crippen molar-refractivity contribution < 1.29 is 14.3 Å². The Morgan fingerprint density at radius 1 is 1.24 bits per heavy atom. The van der Waals surface area contributed by atoms with E-state index in [-0.39, 0.29) is 5.97 Å². The van der Waals surface area contributed by atoms with Crippen LogP contribution in [-0.2, 0) is 9.53 Å². The van der Waals surface area contributed by atoms with Gasteiger partial charge in [-0.15, -0.1) is 0 Å². The summed E-state index contributed by atoms with van der Waals surface area (Å²) in [6, 6.07) is 5.88. The van der Waals surface area contributed by atoms with Crippen LogP contribution in [0.2, 0.25) is 0 Å². The minimum atomic E-state index is -0.579. The first kappa shape index (κ1) is 13.6. The largest absolute Gasteiger partial charge is 0.479 e. The van der Waals surface area contributed by atoms with Gasteiger partial charge in [-0.05, 0) is 43.0 Å². The lowest BCUT2D eigenvalue weighted by atomic mass is 9.98. The highest BCUT2D eigenvalue weighted by molar-refractivity contribution is 5.74. The monoisotopic (exact) mass is 236 g/mol. The average Bonchev–Trinajstić information content (AvgIpc) is 2.27. The fourth-order valence-electron chi connectivity index (χ4n) is 1.79. The third-order valence-electron chi connectivity index (χ3n) is 2.71. The number of aryl methyl sites for hydroxylation is 1. The van der Waals surface area contributed by atoms with E-state index in [1.54, 1.807) is 6.92 Å². The zero-order valence-corrected chi connectivity index (χ0v) is 11.1. The van der Waals surface area contributed by atoms with Crippen LogP contribution < -0.4 is 4.74 Å². The maximum atomic E-state index is 11.2. The Labute approximate surface area is 103 Å². The number of methoxy groups -OCH3 is 1. The summed E-state index contributed by atoms with van der Waals surface area (Å²) in [5, 5.41) is 0. The third-order valence-corrected chi connectivity index (χ3v) is 2.71. The molecule has 1 aromatic carbocycles. The van der Waals surface area contributed by atoms with Crippen molar-refractivity contribution in [2.45, 2.75) is 39.7 Å². The minimum absolute atomic E-state index is 0.365. The second kappa shape index (κ2) is 5.71. The molecule has 0 aliphatic rings. The van der Waals surface area contributed by atoms with Gasteiger partial charge in [-0.3, -0.25) is 0 Å². The van der Waals surface area contributed by atoms with Crippen LogP contribution in [0.15, 0.2) is 18.2 Å². The first-order valence-corrected chi connectivity index (χ1v) is 5.80. The zero-order chi connectivity index (χ0) is 13.0. The Hall–Kier alpha value is -1.51. The lowest BCUT2D eigenvalue weighted by molar-refractivity contribution is -0.147. The summed E-state index contributed by atoms with van der Waals surface area (Å²) in [7, 11) is 1.36. The first-order chi connectivity index (χ1) is 7.95. The molecule has 0 amide bonds. The fourth-order valence-corrected chi connectivity index (χ4v) is 1.79. The zero-order valence-electron chi connectivity index (χ0n) is 11.1. The number of hydrogen-bond acceptors (Lipinski definition) is 3. The van der Waals surface area contributed by atoms with Gasteiger partial charge in [-0.25, -0.2) is 4.79 Å².